The standard InChI is InChI=1S/C25H28O3/c1-15(2)5-7-17-8-10-20-23(13-17)27-14-21-18-11-12-22(26)19(9-6-16(3)4)24(18)28-25(20)21/h5-6,8,10-13,21,25-26H,7,9,14H2,1-4H3. The van der Waals surface area contributed by atoms with Gasteiger partial charge in [0, 0.05) is 16.7 Å². The molecule has 146 valence electrons. The summed E-state index contributed by atoms with van der Waals surface area (Å²) in [7, 11) is 0. The predicted molar refractivity (Wildman–Crippen MR) is 112 cm³/mol. The van der Waals surface area contributed by atoms with Crippen molar-refractivity contribution in [3.63, 3.8) is 0 Å². The minimum absolute atomic E-state index is 0.0523. The summed E-state index contributed by atoms with van der Waals surface area (Å²) in [5.41, 5.74) is 6.90. The molecule has 0 aliphatic carbocycles. The fourth-order valence-electron chi connectivity index (χ4n) is 3.97. The maximum atomic E-state index is 10.4. The molecule has 0 radical (unpaired) electrons. The summed E-state index contributed by atoms with van der Waals surface area (Å²) >= 11 is 0. The Kier molecular flexibility index (Phi) is 4.92. The first-order valence-electron chi connectivity index (χ1n) is 9.97. The van der Waals surface area contributed by atoms with Crippen molar-refractivity contribution < 1.29 is 14.6 Å². The molecule has 0 amide bonds. The lowest BCUT2D eigenvalue weighted by molar-refractivity contribution is 0.139. The van der Waals surface area contributed by atoms with Crippen LogP contribution in [0.2, 0.25) is 0 Å². The van der Waals surface area contributed by atoms with Crippen molar-refractivity contribution >= 4 is 0 Å². The lowest BCUT2D eigenvalue weighted by Gasteiger charge is -2.28. The molecule has 2 aromatic carbocycles. The number of hydrogen-bond acceptors (Lipinski definition) is 3. The Balaban J connectivity index is 1.67. The van der Waals surface area contributed by atoms with E-state index in [-0.39, 0.29) is 12.0 Å². The van der Waals surface area contributed by atoms with Gasteiger partial charge in [0.1, 0.15) is 23.4 Å². The first-order valence-corrected chi connectivity index (χ1v) is 9.97. The lowest BCUT2D eigenvalue weighted by Crippen LogP contribution is -2.23. The summed E-state index contributed by atoms with van der Waals surface area (Å²) in [4.78, 5) is 0. The van der Waals surface area contributed by atoms with Crippen molar-refractivity contribution in [2.75, 3.05) is 6.61 Å². The van der Waals surface area contributed by atoms with Crippen molar-refractivity contribution in [2.24, 2.45) is 0 Å². The van der Waals surface area contributed by atoms with Gasteiger partial charge in [-0.15, -0.1) is 0 Å². The highest BCUT2D eigenvalue weighted by molar-refractivity contribution is 5.57. The zero-order chi connectivity index (χ0) is 19.8. The number of rotatable bonds is 4. The van der Waals surface area contributed by atoms with Crippen LogP contribution < -0.4 is 9.47 Å². The number of benzene rings is 2. The molecule has 3 heteroatoms. The first kappa shape index (κ1) is 18.7. The van der Waals surface area contributed by atoms with Crippen LogP contribution in [0.1, 0.15) is 62.0 Å². The molecular formula is C25H28O3. The quantitative estimate of drug-likeness (QED) is 0.663. The third kappa shape index (κ3) is 3.42. The predicted octanol–water partition coefficient (Wildman–Crippen LogP) is 6.02. The van der Waals surface area contributed by atoms with Crippen molar-refractivity contribution in [1.29, 1.82) is 0 Å². The maximum absolute atomic E-state index is 10.4. The number of ether oxygens (including phenoxy) is 2. The van der Waals surface area contributed by atoms with Crippen LogP contribution in [0.4, 0.5) is 0 Å². The van der Waals surface area contributed by atoms with E-state index in [0.717, 1.165) is 34.6 Å². The van der Waals surface area contributed by atoms with Crippen LogP contribution in [0.15, 0.2) is 53.6 Å². The number of hydrogen-bond donors (Lipinski definition) is 1. The number of phenols is 1. The Labute approximate surface area is 167 Å². The van der Waals surface area contributed by atoms with Gasteiger partial charge in [-0.2, -0.15) is 0 Å². The topological polar surface area (TPSA) is 38.7 Å². The molecule has 4 rings (SSSR count). The lowest BCUT2D eigenvalue weighted by atomic mass is 9.88. The van der Waals surface area contributed by atoms with E-state index in [1.165, 1.54) is 16.7 Å². The van der Waals surface area contributed by atoms with E-state index in [9.17, 15) is 5.11 Å². The molecular weight excluding hydrogens is 348 g/mol. The maximum Gasteiger partial charge on any atom is 0.138 e. The summed E-state index contributed by atoms with van der Waals surface area (Å²) in [6, 6.07) is 10.2. The summed E-state index contributed by atoms with van der Waals surface area (Å²) in [5, 5.41) is 10.4. The average molecular weight is 376 g/mol. The van der Waals surface area contributed by atoms with Gasteiger partial charge in [0.25, 0.3) is 0 Å². The van der Waals surface area contributed by atoms with Crippen molar-refractivity contribution in [1.82, 2.24) is 0 Å². The fraction of sp³-hybridized carbons (Fsp3) is 0.360. The van der Waals surface area contributed by atoms with E-state index in [2.05, 4.69) is 58.0 Å². The van der Waals surface area contributed by atoms with Crippen molar-refractivity contribution in [2.45, 2.75) is 52.6 Å². The smallest absolute Gasteiger partial charge is 0.138 e. The molecule has 3 nitrogen and oxygen atoms in total. The summed E-state index contributed by atoms with van der Waals surface area (Å²) in [6.45, 7) is 8.97. The second kappa shape index (κ2) is 7.38. The number of fused-ring (bicyclic) bond motifs is 5. The highest BCUT2D eigenvalue weighted by Gasteiger charge is 2.42. The largest absolute Gasteiger partial charge is 0.508 e. The Morgan fingerprint density at radius 1 is 1.00 bits per heavy atom. The Bertz CT molecular complexity index is 960. The molecule has 1 N–H and O–H groups in total. The molecule has 2 atom stereocenters. The first-order chi connectivity index (χ1) is 13.4. The SMILES string of the molecule is CC(C)=CCc1ccc2c(c1)OCC1c3ccc(O)c(CC=C(C)C)c3OC21. The van der Waals surface area contributed by atoms with Crippen LogP contribution in [-0.4, -0.2) is 11.7 Å². The molecule has 2 heterocycles. The third-order valence-electron chi connectivity index (χ3n) is 5.54. The molecule has 0 saturated heterocycles. The molecule has 0 spiro atoms. The number of aromatic hydroxyl groups is 1. The third-order valence-corrected chi connectivity index (χ3v) is 5.54. The minimum Gasteiger partial charge on any atom is -0.508 e. The highest BCUT2D eigenvalue weighted by atomic mass is 16.5. The van der Waals surface area contributed by atoms with E-state index in [0.29, 0.717) is 18.8 Å². The summed E-state index contributed by atoms with van der Waals surface area (Å²) in [5.74, 6) is 2.21. The second-order valence-corrected chi connectivity index (χ2v) is 8.28. The molecule has 0 fully saturated rings. The van der Waals surface area contributed by atoms with Crippen LogP contribution >= 0.6 is 0 Å². The Morgan fingerprint density at radius 2 is 1.71 bits per heavy atom. The minimum atomic E-state index is -0.0523. The fourth-order valence-corrected chi connectivity index (χ4v) is 3.97. The molecule has 0 aromatic heterocycles. The van der Waals surface area contributed by atoms with Gasteiger partial charge in [-0.05, 0) is 58.2 Å². The van der Waals surface area contributed by atoms with Gasteiger partial charge in [-0.25, -0.2) is 0 Å². The molecule has 2 aliphatic rings. The van der Waals surface area contributed by atoms with E-state index in [4.69, 9.17) is 9.47 Å². The number of phenolic OH excluding ortho intramolecular Hbond substituents is 1. The van der Waals surface area contributed by atoms with E-state index < -0.39 is 0 Å². The van der Waals surface area contributed by atoms with Crippen LogP contribution in [-0.2, 0) is 12.8 Å². The van der Waals surface area contributed by atoms with Gasteiger partial charge in [-0.3, -0.25) is 0 Å². The highest BCUT2D eigenvalue weighted by Crippen LogP contribution is 2.53. The van der Waals surface area contributed by atoms with E-state index >= 15 is 0 Å². The summed E-state index contributed by atoms with van der Waals surface area (Å²) in [6.07, 6.45) is 5.89. The molecule has 2 unspecified atom stereocenters. The molecule has 0 saturated carbocycles. The Morgan fingerprint density at radius 3 is 2.46 bits per heavy atom. The van der Waals surface area contributed by atoms with Gasteiger partial charge < -0.3 is 14.6 Å². The summed E-state index contributed by atoms with van der Waals surface area (Å²) < 4.78 is 12.6. The van der Waals surface area contributed by atoms with Gasteiger partial charge in [0.2, 0.25) is 0 Å². The van der Waals surface area contributed by atoms with Crippen LogP contribution in [0.3, 0.4) is 0 Å². The van der Waals surface area contributed by atoms with Crippen molar-refractivity contribution in [3.05, 3.63) is 75.9 Å². The van der Waals surface area contributed by atoms with Gasteiger partial charge in [0.15, 0.2) is 0 Å². The van der Waals surface area contributed by atoms with Gasteiger partial charge in [0.05, 0.1) is 12.5 Å². The van der Waals surface area contributed by atoms with E-state index in [1.54, 1.807) is 6.07 Å². The second-order valence-electron chi connectivity index (χ2n) is 8.28. The molecule has 2 aliphatic heterocycles. The van der Waals surface area contributed by atoms with Crippen LogP contribution in [0.5, 0.6) is 17.2 Å². The molecule has 2 aromatic rings. The molecule has 0 bridgehead atoms. The number of allylic oxidation sites excluding steroid dienone is 4. The van der Waals surface area contributed by atoms with Crippen LogP contribution in [0, 0.1) is 0 Å². The van der Waals surface area contributed by atoms with Crippen molar-refractivity contribution in [3.8, 4) is 17.2 Å². The van der Waals surface area contributed by atoms with Gasteiger partial charge in [-0.1, -0.05) is 41.5 Å². The van der Waals surface area contributed by atoms with Gasteiger partial charge >= 0.3 is 0 Å². The van der Waals surface area contributed by atoms with Crippen LogP contribution in [0.25, 0.3) is 0 Å². The zero-order valence-electron chi connectivity index (χ0n) is 17.1. The Hall–Kier alpha value is -2.68. The normalized spacial score (nSPS) is 18.9. The zero-order valence-corrected chi connectivity index (χ0v) is 17.1. The average Bonchev–Trinajstić information content (AvgIpc) is 3.04. The monoisotopic (exact) mass is 376 g/mol. The van der Waals surface area contributed by atoms with E-state index in [1.807, 2.05) is 6.07 Å². The molecule has 28 heavy (non-hydrogen) atoms.